The second kappa shape index (κ2) is 21.9. The predicted octanol–water partition coefficient (Wildman–Crippen LogP) is 6.43. The molecule has 0 saturated heterocycles. The number of hydrogen-bond donors (Lipinski definition) is 0. The third-order valence-electron chi connectivity index (χ3n) is 3.80. The van der Waals surface area contributed by atoms with E-state index < -0.39 is 0 Å². The van der Waals surface area contributed by atoms with Crippen LogP contribution in [0.15, 0.2) is 60.8 Å². The predicted molar refractivity (Wildman–Crippen MR) is 115 cm³/mol. The number of allylic oxidation sites excluding steroid dienone is 10. The first kappa shape index (κ1) is 24.8. The quantitative estimate of drug-likeness (QED) is 0.158. The Morgan fingerprint density at radius 2 is 1.22 bits per heavy atom. The van der Waals surface area contributed by atoms with Crippen molar-refractivity contribution in [2.24, 2.45) is 0 Å². The number of carbonyl (C=O) groups is 2. The number of ether oxygens (including phenoxy) is 1. The molecule has 0 aromatic carbocycles. The molecule has 0 aliphatic rings. The molecule has 0 aliphatic carbocycles. The second-order valence-electron chi connectivity index (χ2n) is 6.21. The Bertz CT molecular complexity index is 496. The monoisotopic (exact) mass is 372 g/mol. The van der Waals surface area contributed by atoms with Crippen LogP contribution in [0, 0.1) is 0 Å². The van der Waals surface area contributed by atoms with Crippen LogP contribution in [0.25, 0.3) is 0 Å². The smallest absolute Gasteiger partial charge is 0.293 e. The van der Waals surface area contributed by atoms with Crippen molar-refractivity contribution < 1.29 is 14.3 Å². The molecule has 3 nitrogen and oxygen atoms in total. The van der Waals surface area contributed by atoms with Crippen molar-refractivity contribution in [1.82, 2.24) is 0 Å². The van der Waals surface area contributed by atoms with E-state index in [4.69, 9.17) is 0 Å². The summed E-state index contributed by atoms with van der Waals surface area (Å²) in [5.41, 5.74) is 0. The van der Waals surface area contributed by atoms with E-state index in [-0.39, 0.29) is 12.4 Å². The molecule has 0 aromatic heterocycles. The molecule has 0 amide bonds. The highest BCUT2D eigenvalue weighted by molar-refractivity contribution is 5.78. The van der Waals surface area contributed by atoms with Gasteiger partial charge in [0.15, 0.2) is 0 Å². The van der Waals surface area contributed by atoms with Crippen LogP contribution >= 0.6 is 0 Å². The van der Waals surface area contributed by atoms with Crippen molar-refractivity contribution in [2.75, 3.05) is 6.61 Å². The Labute approximate surface area is 165 Å². The average Bonchev–Trinajstić information content (AvgIpc) is 2.67. The number of rotatable bonds is 18. The summed E-state index contributed by atoms with van der Waals surface area (Å²) in [4.78, 5) is 21.4. The van der Waals surface area contributed by atoms with Gasteiger partial charge in [-0.25, -0.2) is 0 Å². The standard InChI is InChI=1S/C24H36O3/c1-2-3-4-5-6-7-8-9-10-11-12-13-14-15-16-17-18-19-20-24(26)21-22-27-23-25/h3-4,6-7,9-10,12-13,15-16,23H,2,5,8,11,14,17-22H2,1H3/b4-3-,7-6-,10-9-,13-12-,16-15-. The van der Waals surface area contributed by atoms with Crippen LogP contribution in [0.4, 0.5) is 0 Å². The molecule has 0 aliphatic heterocycles. The van der Waals surface area contributed by atoms with E-state index in [1.807, 2.05) is 0 Å². The van der Waals surface area contributed by atoms with Gasteiger partial charge < -0.3 is 4.74 Å². The molecule has 0 saturated carbocycles. The summed E-state index contributed by atoms with van der Waals surface area (Å²) in [7, 11) is 0. The fraction of sp³-hybridized carbons (Fsp3) is 0.500. The zero-order chi connectivity index (χ0) is 19.8. The van der Waals surface area contributed by atoms with Gasteiger partial charge in [-0.15, -0.1) is 0 Å². The summed E-state index contributed by atoms with van der Waals surface area (Å²) in [6.07, 6.45) is 30.8. The van der Waals surface area contributed by atoms with Gasteiger partial charge in [0.2, 0.25) is 0 Å². The Kier molecular flexibility index (Phi) is 20.1. The Hall–Kier alpha value is -2.16. The van der Waals surface area contributed by atoms with Crippen LogP contribution in [0.3, 0.4) is 0 Å². The lowest BCUT2D eigenvalue weighted by molar-refractivity contribution is -0.130. The minimum Gasteiger partial charge on any atom is -0.467 e. The van der Waals surface area contributed by atoms with Gasteiger partial charge in [-0.1, -0.05) is 67.7 Å². The molecule has 0 fully saturated rings. The average molecular weight is 373 g/mol. The lowest BCUT2D eigenvalue weighted by Crippen LogP contribution is -2.03. The highest BCUT2D eigenvalue weighted by Gasteiger charge is 2.00. The van der Waals surface area contributed by atoms with E-state index in [0.717, 1.165) is 51.4 Å². The molecule has 0 N–H and O–H groups in total. The largest absolute Gasteiger partial charge is 0.467 e. The molecule has 150 valence electrons. The molecule has 0 rings (SSSR count). The minimum atomic E-state index is 0.167. The fourth-order valence-electron chi connectivity index (χ4n) is 2.30. The van der Waals surface area contributed by atoms with E-state index in [1.54, 1.807) is 0 Å². The summed E-state index contributed by atoms with van der Waals surface area (Å²) >= 11 is 0. The molecule has 0 bridgehead atoms. The highest BCUT2D eigenvalue weighted by atomic mass is 16.5. The first-order chi connectivity index (χ1) is 13.3. The van der Waals surface area contributed by atoms with Gasteiger partial charge in [-0.3, -0.25) is 9.59 Å². The topological polar surface area (TPSA) is 43.4 Å². The molecule has 0 atom stereocenters. The summed E-state index contributed by atoms with van der Waals surface area (Å²) < 4.78 is 4.52. The van der Waals surface area contributed by atoms with Crippen LogP contribution in [-0.4, -0.2) is 18.9 Å². The Morgan fingerprint density at radius 3 is 1.74 bits per heavy atom. The van der Waals surface area contributed by atoms with Crippen molar-refractivity contribution in [1.29, 1.82) is 0 Å². The number of unbranched alkanes of at least 4 members (excludes halogenated alkanes) is 2. The van der Waals surface area contributed by atoms with Crippen molar-refractivity contribution in [2.45, 2.75) is 71.1 Å². The summed E-state index contributed by atoms with van der Waals surface area (Å²) in [6, 6.07) is 0. The van der Waals surface area contributed by atoms with Crippen LogP contribution < -0.4 is 0 Å². The fourth-order valence-corrected chi connectivity index (χ4v) is 2.30. The normalized spacial score (nSPS) is 12.3. The molecule has 27 heavy (non-hydrogen) atoms. The Balaban J connectivity index is 3.47. The molecular weight excluding hydrogens is 336 g/mol. The van der Waals surface area contributed by atoms with E-state index in [0.29, 0.717) is 19.3 Å². The third-order valence-corrected chi connectivity index (χ3v) is 3.80. The maximum absolute atomic E-state index is 11.5. The van der Waals surface area contributed by atoms with Crippen molar-refractivity contribution in [3.05, 3.63) is 60.8 Å². The van der Waals surface area contributed by atoms with E-state index in [2.05, 4.69) is 72.4 Å². The number of Topliss-reactive ketones (excluding diaryl/α,β-unsaturated/α-hetero) is 1. The molecule has 0 radical (unpaired) electrons. The van der Waals surface area contributed by atoms with Gasteiger partial charge in [0, 0.05) is 12.8 Å². The molecule has 0 heterocycles. The zero-order valence-electron chi connectivity index (χ0n) is 16.9. The van der Waals surface area contributed by atoms with E-state index in [1.165, 1.54) is 0 Å². The van der Waals surface area contributed by atoms with Gasteiger partial charge in [0.25, 0.3) is 6.47 Å². The van der Waals surface area contributed by atoms with Crippen molar-refractivity contribution in [3.8, 4) is 0 Å². The number of hydrogen-bond acceptors (Lipinski definition) is 3. The van der Waals surface area contributed by atoms with E-state index in [9.17, 15) is 9.59 Å². The number of carbonyl (C=O) groups excluding carboxylic acids is 2. The first-order valence-corrected chi connectivity index (χ1v) is 10.1. The van der Waals surface area contributed by atoms with Crippen LogP contribution in [0.5, 0.6) is 0 Å². The summed E-state index contributed by atoms with van der Waals surface area (Å²) in [6.45, 7) is 2.74. The second-order valence-corrected chi connectivity index (χ2v) is 6.21. The van der Waals surface area contributed by atoms with Crippen LogP contribution in [0.2, 0.25) is 0 Å². The Morgan fingerprint density at radius 1 is 0.704 bits per heavy atom. The maximum atomic E-state index is 11.5. The first-order valence-electron chi connectivity index (χ1n) is 10.1. The lowest BCUT2D eigenvalue weighted by Gasteiger charge is -1.99. The zero-order valence-corrected chi connectivity index (χ0v) is 16.9. The SMILES string of the molecule is CC/C=C\C/C=C\C/C=C\C/C=C\C/C=C\CCCCC(=O)CCOC=O. The lowest BCUT2D eigenvalue weighted by atomic mass is 10.1. The van der Waals surface area contributed by atoms with E-state index >= 15 is 0 Å². The van der Waals surface area contributed by atoms with Gasteiger partial charge in [-0.05, 0) is 51.4 Å². The van der Waals surface area contributed by atoms with Gasteiger partial charge in [-0.2, -0.15) is 0 Å². The van der Waals surface area contributed by atoms with Gasteiger partial charge >= 0.3 is 0 Å². The van der Waals surface area contributed by atoms with Gasteiger partial charge in [0.05, 0.1) is 6.61 Å². The summed E-state index contributed by atoms with van der Waals surface area (Å²) in [5, 5.41) is 0. The maximum Gasteiger partial charge on any atom is 0.293 e. The molecule has 3 heteroatoms. The highest BCUT2D eigenvalue weighted by Crippen LogP contribution is 2.04. The number of ketones is 1. The molecule has 0 unspecified atom stereocenters. The molecular formula is C24H36O3. The van der Waals surface area contributed by atoms with Crippen LogP contribution in [0.1, 0.15) is 71.1 Å². The summed E-state index contributed by atoms with van der Waals surface area (Å²) in [5.74, 6) is 0.167. The molecule has 0 spiro atoms. The van der Waals surface area contributed by atoms with Crippen molar-refractivity contribution >= 4 is 12.3 Å². The molecule has 0 aromatic rings. The van der Waals surface area contributed by atoms with Gasteiger partial charge in [0.1, 0.15) is 5.78 Å². The van der Waals surface area contributed by atoms with Crippen LogP contribution in [-0.2, 0) is 14.3 Å². The van der Waals surface area contributed by atoms with Crippen molar-refractivity contribution in [3.63, 3.8) is 0 Å². The third kappa shape index (κ3) is 21.8. The minimum absolute atomic E-state index is 0.167.